The summed E-state index contributed by atoms with van der Waals surface area (Å²) in [6.45, 7) is 1.81. The van der Waals surface area contributed by atoms with Gasteiger partial charge in [-0.05, 0) is 6.42 Å². The lowest BCUT2D eigenvalue weighted by Gasteiger charge is -2.14. The monoisotopic (exact) mass is 234 g/mol. The van der Waals surface area contributed by atoms with Crippen molar-refractivity contribution in [1.29, 1.82) is 0 Å². The number of carbonyl (C=O) groups is 1. The molecule has 1 aliphatic rings. The number of aliphatic hydroxyl groups is 3. The van der Waals surface area contributed by atoms with Crippen LogP contribution < -0.4 is 0 Å². The summed E-state index contributed by atoms with van der Waals surface area (Å²) in [5, 5.41) is 27.6. The van der Waals surface area contributed by atoms with Gasteiger partial charge in [0.15, 0.2) is 6.29 Å². The van der Waals surface area contributed by atoms with Crippen molar-refractivity contribution in [3.8, 4) is 0 Å². The van der Waals surface area contributed by atoms with E-state index in [1.165, 1.54) is 0 Å². The van der Waals surface area contributed by atoms with Gasteiger partial charge in [-0.1, -0.05) is 13.3 Å². The Morgan fingerprint density at radius 3 is 2.50 bits per heavy atom. The van der Waals surface area contributed by atoms with Crippen molar-refractivity contribution in [2.45, 2.75) is 50.8 Å². The Hall–Kier alpha value is -0.690. The van der Waals surface area contributed by atoms with Crippen LogP contribution in [0.25, 0.3) is 0 Å². The number of ether oxygens (including phenoxy) is 2. The Morgan fingerprint density at radius 1 is 1.31 bits per heavy atom. The summed E-state index contributed by atoms with van der Waals surface area (Å²) in [7, 11) is 0. The van der Waals surface area contributed by atoms with Crippen molar-refractivity contribution in [3.05, 3.63) is 0 Å². The highest BCUT2D eigenvalue weighted by Crippen LogP contribution is 2.19. The third-order valence-corrected chi connectivity index (χ3v) is 2.48. The quantitative estimate of drug-likeness (QED) is 0.537. The van der Waals surface area contributed by atoms with Crippen molar-refractivity contribution in [2.75, 3.05) is 6.61 Å². The topological polar surface area (TPSA) is 96.2 Å². The molecule has 0 radical (unpaired) electrons. The molecule has 0 aliphatic carbocycles. The van der Waals surface area contributed by atoms with Gasteiger partial charge < -0.3 is 24.8 Å². The van der Waals surface area contributed by atoms with Crippen LogP contribution in [0.1, 0.15) is 26.2 Å². The molecule has 0 spiro atoms. The first-order valence-electron chi connectivity index (χ1n) is 5.41. The Labute approximate surface area is 93.8 Å². The highest BCUT2D eigenvalue weighted by molar-refractivity contribution is 5.69. The third-order valence-electron chi connectivity index (χ3n) is 2.48. The van der Waals surface area contributed by atoms with Crippen LogP contribution in [0.4, 0.5) is 0 Å². The van der Waals surface area contributed by atoms with Crippen molar-refractivity contribution in [1.82, 2.24) is 0 Å². The van der Waals surface area contributed by atoms with Crippen LogP contribution in [-0.2, 0) is 14.3 Å². The van der Waals surface area contributed by atoms with Gasteiger partial charge >= 0.3 is 5.97 Å². The Kier molecular flexibility index (Phi) is 5.14. The normalized spacial score (nSPS) is 34.0. The minimum absolute atomic E-state index is 0.155. The average Bonchev–Trinajstić information content (AvgIpc) is 2.51. The molecule has 16 heavy (non-hydrogen) atoms. The molecule has 1 heterocycles. The number of hydrogen-bond acceptors (Lipinski definition) is 6. The SMILES string of the molecule is CCCCC(=O)OC[C@H]1O[C@@H](O)[C@@H](O)[C@@H]1O. The van der Waals surface area contributed by atoms with E-state index in [-0.39, 0.29) is 12.6 Å². The molecule has 0 aromatic carbocycles. The van der Waals surface area contributed by atoms with Crippen molar-refractivity contribution in [2.24, 2.45) is 0 Å². The summed E-state index contributed by atoms with van der Waals surface area (Å²) < 4.78 is 9.67. The lowest BCUT2D eigenvalue weighted by molar-refractivity contribution is -0.157. The van der Waals surface area contributed by atoms with E-state index < -0.39 is 24.6 Å². The molecule has 0 saturated carbocycles. The van der Waals surface area contributed by atoms with Crippen LogP contribution in [0, 0.1) is 0 Å². The zero-order chi connectivity index (χ0) is 12.1. The van der Waals surface area contributed by atoms with Gasteiger partial charge in [0.25, 0.3) is 0 Å². The maximum Gasteiger partial charge on any atom is 0.305 e. The fourth-order valence-corrected chi connectivity index (χ4v) is 1.43. The Balaban J connectivity index is 2.25. The number of hydrogen-bond donors (Lipinski definition) is 3. The van der Waals surface area contributed by atoms with Gasteiger partial charge in [0.2, 0.25) is 0 Å². The largest absolute Gasteiger partial charge is 0.463 e. The first-order chi connectivity index (χ1) is 7.56. The Morgan fingerprint density at radius 2 is 2.00 bits per heavy atom. The summed E-state index contributed by atoms with van der Waals surface area (Å²) in [5.41, 5.74) is 0. The third kappa shape index (κ3) is 3.41. The van der Waals surface area contributed by atoms with Gasteiger partial charge in [-0.25, -0.2) is 0 Å². The maximum atomic E-state index is 11.1. The van der Waals surface area contributed by atoms with Gasteiger partial charge in [0.05, 0.1) is 0 Å². The molecular formula is C10H18O6. The van der Waals surface area contributed by atoms with E-state index in [4.69, 9.17) is 14.6 Å². The van der Waals surface area contributed by atoms with Gasteiger partial charge in [-0.15, -0.1) is 0 Å². The molecular weight excluding hydrogens is 216 g/mol. The molecule has 0 bridgehead atoms. The molecule has 1 fully saturated rings. The number of unbranched alkanes of at least 4 members (excludes halogenated alkanes) is 1. The molecule has 0 aromatic rings. The lowest BCUT2D eigenvalue weighted by Crippen LogP contribution is -2.34. The van der Waals surface area contributed by atoms with Crippen molar-refractivity contribution < 1.29 is 29.6 Å². The van der Waals surface area contributed by atoms with Crippen molar-refractivity contribution in [3.63, 3.8) is 0 Å². The molecule has 3 N–H and O–H groups in total. The van der Waals surface area contributed by atoms with Gasteiger partial charge in [0.1, 0.15) is 24.9 Å². The average molecular weight is 234 g/mol. The van der Waals surface area contributed by atoms with Gasteiger partial charge in [0, 0.05) is 6.42 Å². The predicted molar refractivity (Wildman–Crippen MR) is 53.4 cm³/mol. The van der Waals surface area contributed by atoms with Gasteiger partial charge in [-0.3, -0.25) is 4.79 Å². The van der Waals surface area contributed by atoms with E-state index in [2.05, 4.69) is 0 Å². The van der Waals surface area contributed by atoms with Gasteiger partial charge in [-0.2, -0.15) is 0 Å². The second-order valence-electron chi connectivity index (χ2n) is 3.83. The smallest absolute Gasteiger partial charge is 0.305 e. The van der Waals surface area contributed by atoms with Crippen LogP contribution in [-0.4, -0.2) is 52.5 Å². The van der Waals surface area contributed by atoms with Crippen LogP contribution in [0.5, 0.6) is 0 Å². The number of carbonyl (C=O) groups excluding carboxylic acids is 1. The first-order valence-corrected chi connectivity index (χ1v) is 5.41. The van der Waals surface area contributed by atoms with E-state index in [1.807, 2.05) is 6.92 Å². The zero-order valence-electron chi connectivity index (χ0n) is 9.20. The van der Waals surface area contributed by atoms with Crippen LogP contribution in [0.2, 0.25) is 0 Å². The standard InChI is InChI=1S/C10H18O6/c1-2-3-4-7(11)15-5-6-8(12)9(13)10(14)16-6/h6,8-10,12-14H,2-5H2,1H3/t6-,8-,9+,10-/m1/s1. The molecule has 0 amide bonds. The molecule has 0 unspecified atom stereocenters. The minimum Gasteiger partial charge on any atom is -0.463 e. The maximum absolute atomic E-state index is 11.1. The van der Waals surface area contributed by atoms with Crippen molar-refractivity contribution >= 4 is 5.97 Å². The number of rotatable bonds is 5. The number of esters is 1. The van der Waals surface area contributed by atoms with E-state index in [0.717, 1.165) is 12.8 Å². The zero-order valence-corrected chi connectivity index (χ0v) is 9.20. The number of aliphatic hydroxyl groups excluding tert-OH is 3. The summed E-state index contributed by atoms with van der Waals surface area (Å²) >= 11 is 0. The minimum atomic E-state index is -1.42. The fourth-order valence-electron chi connectivity index (χ4n) is 1.43. The van der Waals surface area contributed by atoms with Crippen LogP contribution >= 0.6 is 0 Å². The van der Waals surface area contributed by atoms with E-state index in [0.29, 0.717) is 6.42 Å². The summed E-state index contributed by atoms with van der Waals surface area (Å²) in [6, 6.07) is 0. The molecule has 1 saturated heterocycles. The molecule has 0 aromatic heterocycles. The highest BCUT2D eigenvalue weighted by atomic mass is 16.7. The molecule has 1 rings (SSSR count). The first kappa shape index (κ1) is 13.4. The summed E-state index contributed by atoms with van der Waals surface area (Å²) in [4.78, 5) is 11.1. The molecule has 6 heteroatoms. The molecule has 6 nitrogen and oxygen atoms in total. The van der Waals surface area contributed by atoms with Crippen LogP contribution in [0.3, 0.4) is 0 Å². The Bertz CT molecular complexity index is 231. The molecule has 1 aliphatic heterocycles. The van der Waals surface area contributed by atoms with Crippen LogP contribution in [0.15, 0.2) is 0 Å². The molecule has 94 valence electrons. The van der Waals surface area contributed by atoms with E-state index in [1.54, 1.807) is 0 Å². The second kappa shape index (κ2) is 6.15. The summed E-state index contributed by atoms with van der Waals surface area (Å²) in [6.07, 6.45) is -2.89. The van der Waals surface area contributed by atoms with E-state index >= 15 is 0 Å². The fraction of sp³-hybridized carbons (Fsp3) is 0.900. The lowest BCUT2D eigenvalue weighted by atomic mass is 10.1. The predicted octanol–water partition coefficient (Wildman–Crippen LogP) is -0.841. The second-order valence-corrected chi connectivity index (χ2v) is 3.83. The summed E-state index contributed by atoms with van der Waals surface area (Å²) in [5.74, 6) is -0.367. The van der Waals surface area contributed by atoms with E-state index in [9.17, 15) is 15.0 Å². The molecule has 4 atom stereocenters. The highest BCUT2D eigenvalue weighted by Gasteiger charge is 2.42.